The molecule has 3 aromatic carbocycles. The lowest BCUT2D eigenvalue weighted by Crippen LogP contribution is -2.70. The second-order valence-corrected chi connectivity index (χ2v) is 16.8. The lowest BCUT2D eigenvalue weighted by Gasteiger charge is -2.54. The number of pyridine rings is 1. The molecule has 2 aliphatic rings. The third-order valence-corrected chi connectivity index (χ3v) is 12.3. The molecule has 0 saturated heterocycles. The zero-order valence-corrected chi connectivity index (χ0v) is 33.8. The van der Waals surface area contributed by atoms with E-state index in [9.17, 15) is 32.5 Å². The molecule has 1 spiro atoms. The Bertz CT molecular complexity index is 2230. The Morgan fingerprint density at radius 3 is 2.26 bits per heavy atom. The van der Waals surface area contributed by atoms with E-state index in [1.165, 1.54) is 23.9 Å². The number of benzene rings is 3. The molecule has 6 rings (SSSR count). The average molecular weight is 820 g/mol. The van der Waals surface area contributed by atoms with Crippen LogP contribution < -0.4 is 30.1 Å². The number of hydrogen-bond donors (Lipinski definition) is 2. The van der Waals surface area contributed by atoms with E-state index in [1.54, 1.807) is 73.3 Å². The number of carbonyl (C=O) groups excluding carboxylic acids is 3. The minimum absolute atomic E-state index is 0.0122. The Balaban J connectivity index is 1.45. The molecule has 0 bridgehead atoms. The van der Waals surface area contributed by atoms with Gasteiger partial charge in [-0.25, -0.2) is 13.9 Å². The van der Waals surface area contributed by atoms with Crippen molar-refractivity contribution in [1.29, 1.82) is 0 Å². The summed E-state index contributed by atoms with van der Waals surface area (Å²) in [6.07, 6.45) is 3.16. The van der Waals surface area contributed by atoms with E-state index in [-0.39, 0.29) is 49.4 Å². The summed E-state index contributed by atoms with van der Waals surface area (Å²) in [7, 11) is -3.98. The van der Waals surface area contributed by atoms with Gasteiger partial charge in [0.1, 0.15) is 41.3 Å². The van der Waals surface area contributed by atoms with E-state index in [0.29, 0.717) is 30.2 Å². The highest BCUT2D eigenvalue weighted by atomic mass is 31.2. The Labute approximate surface area is 335 Å². The zero-order valence-electron chi connectivity index (χ0n) is 32.9. The first-order valence-corrected chi connectivity index (χ1v) is 21.2. The van der Waals surface area contributed by atoms with Crippen molar-refractivity contribution < 1.29 is 41.7 Å². The molecule has 1 aromatic heterocycles. The minimum atomic E-state index is -3.98. The summed E-state index contributed by atoms with van der Waals surface area (Å²) < 4.78 is 62.3. The summed E-state index contributed by atoms with van der Waals surface area (Å²) in [5.41, 5.74) is -1.71. The maximum Gasteiger partial charge on any atom is 0.323 e. The number of aromatic nitrogens is 1. The zero-order chi connectivity index (χ0) is 41.6. The second-order valence-electron chi connectivity index (χ2n) is 14.6. The predicted molar refractivity (Wildman–Crippen MR) is 213 cm³/mol. The molecule has 4 aromatic rings. The molecule has 2 atom stereocenters. The number of nitrogens with one attached hydrogen (secondary N) is 2. The molecule has 1 saturated carbocycles. The molecular formula is C42H48F2N5O8P. The highest BCUT2D eigenvalue weighted by Gasteiger charge is 2.53. The smallest absolute Gasteiger partial charge is 0.323 e. The molecule has 1 aliphatic heterocycles. The monoisotopic (exact) mass is 819 g/mol. The quantitative estimate of drug-likeness (QED) is 0.0946. The number of ether oxygens (including phenoxy) is 2. The predicted octanol–water partition coefficient (Wildman–Crippen LogP) is 6.52. The van der Waals surface area contributed by atoms with Crippen LogP contribution in [0.1, 0.15) is 85.4 Å². The SMILES string of the molecule is CCN1C(=O)c2c(OCc3ccccc3)c(=O)c(C(=O)NCc3ccc(F)cc3F)cn2N(CCP(=O)(N[C@@H](C)C(=O)OC(C)C)Oc2ccccc2)C12CCCC2. The number of nitrogens with zero attached hydrogens (tertiary/aromatic N) is 3. The Morgan fingerprint density at radius 1 is 0.948 bits per heavy atom. The van der Waals surface area contributed by atoms with Crippen LogP contribution >= 0.6 is 7.52 Å². The van der Waals surface area contributed by atoms with Crippen molar-refractivity contribution >= 4 is 25.3 Å². The number of fused-ring (bicyclic) bond motifs is 1. The molecule has 1 unspecified atom stereocenters. The maximum atomic E-state index is 14.9. The van der Waals surface area contributed by atoms with Gasteiger partial charge in [0.25, 0.3) is 11.8 Å². The molecule has 2 N–H and O–H groups in total. The number of esters is 1. The van der Waals surface area contributed by atoms with Gasteiger partial charge in [0, 0.05) is 37.5 Å². The number of para-hydroxylation sites is 1. The van der Waals surface area contributed by atoms with E-state index in [0.717, 1.165) is 18.9 Å². The fourth-order valence-electron chi connectivity index (χ4n) is 7.50. The van der Waals surface area contributed by atoms with E-state index in [4.69, 9.17) is 14.0 Å². The van der Waals surface area contributed by atoms with Crippen LogP contribution in [0.25, 0.3) is 0 Å². The molecule has 308 valence electrons. The van der Waals surface area contributed by atoms with Crippen LogP contribution in [-0.4, -0.2) is 64.4 Å². The number of amides is 2. The normalized spacial score (nSPS) is 16.2. The van der Waals surface area contributed by atoms with E-state index in [1.807, 2.05) is 18.0 Å². The summed E-state index contributed by atoms with van der Waals surface area (Å²) in [6, 6.07) is 19.4. The van der Waals surface area contributed by atoms with Gasteiger partial charge in [-0.15, -0.1) is 0 Å². The standard InChI is InChI=1S/C42H48F2N5O8P/c1-5-47-40(52)36-38(55-27-30-14-8-6-9-15-30)37(50)34(39(51)45-25-31-18-19-32(43)24-35(31)44)26-48(36)49(42(47)20-12-13-21-42)22-23-58(54,57-33-16-10-7-11-17-33)46-29(4)41(53)56-28(2)3/h6-11,14-19,24,26,28-29H,5,12-13,20-23,25,27H2,1-4H3,(H,45,51)(H,46,54)/t29-,58?/m0/s1. The van der Waals surface area contributed by atoms with E-state index < -0.39 is 65.7 Å². The number of halogens is 2. The van der Waals surface area contributed by atoms with Gasteiger partial charge in [0.15, 0.2) is 11.4 Å². The van der Waals surface area contributed by atoms with E-state index >= 15 is 0 Å². The summed E-state index contributed by atoms with van der Waals surface area (Å²) in [5.74, 6) is -3.76. The van der Waals surface area contributed by atoms with Crippen LogP contribution in [0.3, 0.4) is 0 Å². The van der Waals surface area contributed by atoms with Crippen LogP contribution in [-0.2, 0) is 27.2 Å². The van der Waals surface area contributed by atoms with Gasteiger partial charge in [0.05, 0.1) is 12.3 Å². The van der Waals surface area contributed by atoms with Crippen LogP contribution in [0.2, 0.25) is 0 Å². The average Bonchev–Trinajstić information content (AvgIpc) is 3.67. The highest BCUT2D eigenvalue weighted by Crippen LogP contribution is 2.47. The van der Waals surface area contributed by atoms with Crippen molar-refractivity contribution in [2.24, 2.45) is 0 Å². The Morgan fingerprint density at radius 2 is 1.62 bits per heavy atom. The van der Waals surface area contributed by atoms with Gasteiger partial charge in [-0.05, 0) is 77.1 Å². The third kappa shape index (κ3) is 9.11. The summed E-state index contributed by atoms with van der Waals surface area (Å²) in [5, 5.41) is 7.28. The molecule has 58 heavy (non-hydrogen) atoms. The lowest BCUT2D eigenvalue weighted by atomic mass is 10.0. The highest BCUT2D eigenvalue weighted by molar-refractivity contribution is 7.57. The topological polar surface area (TPSA) is 149 Å². The first kappa shape index (κ1) is 42.1. The maximum absolute atomic E-state index is 14.9. The summed E-state index contributed by atoms with van der Waals surface area (Å²) >= 11 is 0. The minimum Gasteiger partial charge on any atom is -0.482 e. The lowest BCUT2D eigenvalue weighted by molar-refractivity contribution is -0.149. The molecule has 0 radical (unpaired) electrons. The number of hydrogen-bond acceptors (Lipinski definition) is 9. The van der Waals surface area contributed by atoms with Crippen LogP contribution in [0, 0.1) is 11.6 Å². The molecule has 2 amide bonds. The van der Waals surface area contributed by atoms with Gasteiger partial charge in [-0.1, -0.05) is 54.6 Å². The summed E-state index contributed by atoms with van der Waals surface area (Å²) in [6.45, 7) is 6.49. The van der Waals surface area contributed by atoms with Gasteiger partial charge in [0.2, 0.25) is 5.43 Å². The third-order valence-electron chi connectivity index (χ3n) is 10.2. The van der Waals surface area contributed by atoms with Gasteiger partial charge in [-0.2, -0.15) is 0 Å². The Kier molecular flexibility index (Phi) is 13.0. The number of rotatable bonds is 16. The van der Waals surface area contributed by atoms with Crippen molar-refractivity contribution in [3.05, 3.63) is 129 Å². The molecule has 1 fully saturated rings. The van der Waals surface area contributed by atoms with Crippen molar-refractivity contribution in [1.82, 2.24) is 20.0 Å². The second kappa shape index (κ2) is 17.9. The summed E-state index contributed by atoms with van der Waals surface area (Å²) in [4.78, 5) is 57.6. The van der Waals surface area contributed by atoms with Gasteiger partial charge >= 0.3 is 13.5 Å². The largest absolute Gasteiger partial charge is 0.482 e. The van der Waals surface area contributed by atoms with Crippen LogP contribution in [0.15, 0.2) is 89.9 Å². The van der Waals surface area contributed by atoms with Crippen LogP contribution in [0.4, 0.5) is 8.78 Å². The van der Waals surface area contributed by atoms with Crippen molar-refractivity contribution in [2.45, 2.75) is 84.3 Å². The fraction of sp³-hybridized carbons (Fsp3) is 0.381. The Hall–Kier alpha value is -5.53. The molecular weight excluding hydrogens is 771 g/mol. The van der Waals surface area contributed by atoms with Crippen molar-refractivity contribution in [2.75, 3.05) is 24.3 Å². The molecule has 16 heteroatoms. The molecule has 2 heterocycles. The van der Waals surface area contributed by atoms with Crippen molar-refractivity contribution in [3.8, 4) is 11.5 Å². The van der Waals surface area contributed by atoms with E-state index in [2.05, 4.69) is 10.4 Å². The fourth-order valence-corrected chi connectivity index (χ4v) is 9.39. The van der Waals surface area contributed by atoms with Crippen LogP contribution in [0.5, 0.6) is 11.5 Å². The molecule has 13 nitrogen and oxygen atoms in total. The molecule has 1 aliphatic carbocycles. The van der Waals surface area contributed by atoms with Gasteiger partial charge < -0.3 is 24.2 Å². The van der Waals surface area contributed by atoms with Gasteiger partial charge in [-0.3, -0.25) is 33.4 Å². The first-order chi connectivity index (χ1) is 27.7. The number of carbonyl (C=O) groups is 3. The first-order valence-electron chi connectivity index (χ1n) is 19.4. The van der Waals surface area contributed by atoms with Crippen molar-refractivity contribution in [3.63, 3.8) is 0 Å².